The summed E-state index contributed by atoms with van der Waals surface area (Å²) in [6.07, 6.45) is 1.97. The van der Waals surface area contributed by atoms with E-state index in [1.165, 1.54) is 18.2 Å². The van der Waals surface area contributed by atoms with Gasteiger partial charge in [0.05, 0.1) is 18.1 Å². The van der Waals surface area contributed by atoms with Crippen LogP contribution in [0, 0.1) is 10.1 Å². The Labute approximate surface area is 179 Å². The minimum Gasteiger partial charge on any atom is -0.383 e. The lowest BCUT2D eigenvalue weighted by atomic mass is 10.1. The molecule has 0 aliphatic rings. The number of hydrogen-bond donors (Lipinski definition) is 0. The summed E-state index contributed by atoms with van der Waals surface area (Å²) in [4.78, 5) is 25.3. The number of hydrogen-bond acceptors (Lipinski definition) is 4. The van der Waals surface area contributed by atoms with E-state index in [1.54, 1.807) is 12.0 Å². The van der Waals surface area contributed by atoms with Crippen molar-refractivity contribution in [3.05, 3.63) is 98.8 Å². The molecule has 3 aromatic rings. The Bertz CT molecular complexity index is 1020. The standard InChI is InChI=1S/C22H22ClN3O4/c1-30-13-12-25(22(27)18-9-10-20(23)21(14-18)26(28)29)16-19-8-5-11-24(19)15-17-6-3-2-4-7-17/h2-11,14H,12-13,15-16H2,1H3. The van der Waals surface area contributed by atoms with Crippen LogP contribution in [0.3, 0.4) is 0 Å². The Balaban J connectivity index is 1.84. The number of nitrogens with zero attached hydrogens (tertiary/aromatic N) is 3. The molecule has 0 saturated heterocycles. The molecule has 0 spiro atoms. The molecular formula is C22H22ClN3O4. The molecule has 0 aliphatic heterocycles. The molecule has 2 aromatic carbocycles. The fourth-order valence-corrected chi connectivity index (χ4v) is 3.33. The molecule has 0 unspecified atom stereocenters. The van der Waals surface area contributed by atoms with E-state index in [9.17, 15) is 14.9 Å². The van der Waals surface area contributed by atoms with Gasteiger partial charge in [0.2, 0.25) is 0 Å². The fraction of sp³-hybridized carbons (Fsp3) is 0.227. The van der Waals surface area contributed by atoms with Crippen molar-refractivity contribution in [1.29, 1.82) is 0 Å². The van der Waals surface area contributed by atoms with Crippen molar-refractivity contribution in [2.24, 2.45) is 0 Å². The monoisotopic (exact) mass is 427 g/mol. The number of aromatic nitrogens is 1. The van der Waals surface area contributed by atoms with E-state index in [1.807, 2.05) is 48.7 Å². The topological polar surface area (TPSA) is 77.6 Å². The van der Waals surface area contributed by atoms with Crippen LogP contribution in [-0.4, -0.2) is 40.6 Å². The van der Waals surface area contributed by atoms with E-state index in [0.717, 1.165) is 11.3 Å². The van der Waals surface area contributed by atoms with Crippen molar-refractivity contribution < 1.29 is 14.5 Å². The van der Waals surface area contributed by atoms with Gasteiger partial charge >= 0.3 is 0 Å². The van der Waals surface area contributed by atoms with Gasteiger partial charge in [-0.3, -0.25) is 14.9 Å². The van der Waals surface area contributed by atoms with E-state index in [4.69, 9.17) is 16.3 Å². The van der Waals surface area contributed by atoms with E-state index < -0.39 is 4.92 Å². The van der Waals surface area contributed by atoms with E-state index in [-0.39, 0.29) is 22.2 Å². The molecule has 0 N–H and O–H groups in total. The zero-order valence-corrected chi connectivity index (χ0v) is 17.3. The molecule has 1 aromatic heterocycles. The lowest BCUT2D eigenvalue weighted by Gasteiger charge is -2.23. The highest BCUT2D eigenvalue weighted by atomic mass is 35.5. The second-order valence-electron chi connectivity index (χ2n) is 6.76. The highest BCUT2D eigenvalue weighted by Gasteiger charge is 2.21. The maximum absolute atomic E-state index is 13.1. The Kier molecular flexibility index (Phi) is 7.21. The molecule has 0 bridgehead atoms. The first-order valence-corrected chi connectivity index (χ1v) is 9.77. The zero-order chi connectivity index (χ0) is 21.5. The molecular weight excluding hydrogens is 406 g/mol. The number of carbonyl (C=O) groups excluding carboxylic acids is 1. The van der Waals surface area contributed by atoms with Crippen LogP contribution in [0.25, 0.3) is 0 Å². The SMILES string of the molecule is COCCN(Cc1cccn1Cc1ccccc1)C(=O)c1ccc(Cl)c([N+](=O)[O-])c1. The summed E-state index contributed by atoms with van der Waals surface area (Å²) in [6, 6.07) is 18.0. The summed E-state index contributed by atoms with van der Waals surface area (Å²) in [5, 5.41) is 11.2. The predicted octanol–water partition coefficient (Wildman–Crippen LogP) is 4.39. The van der Waals surface area contributed by atoms with Gasteiger partial charge in [-0.25, -0.2) is 0 Å². The number of halogens is 1. The summed E-state index contributed by atoms with van der Waals surface area (Å²) in [6.45, 7) is 1.73. The average molecular weight is 428 g/mol. The number of nitro benzene ring substituents is 1. The minimum atomic E-state index is -0.594. The van der Waals surface area contributed by atoms with Crippen LogP contribution in [0.2, 0.25) is 5.02 Å². The van der Waals surface area contributed by atoms with Crippen molar-refractivity contribution in [3.63, 3.8) is 0 Å². The summed E-state index contributed by atoms with van der Waals surface area (Å²) < 4.78 is 7.23. The van der Waals surface area contributed by atoms with Gasteiger partial charge in [-0.1, -0.05) is 41.9 Å². The summed E-state index contributed by atoms with van der Waals surface area (Å²) in [5.41, 5.74) is 2.02. The van der Waals surface area contributed by atoms with Crippen molar-refractivity contribution >= 4 is 23.2 Å². The van der Waals surface area contributed by atoms with E-state index >= 15 is 0 Å². The van der Waals surface area contributed by atoms with Crippen molar-refractivity contribution in [1.82, 2.24) is 9.47 Å². The third kappa shape index (κ3) is 5.25. The second-order valence-corrected chi connectivity index (χ2v) is 7.16. The van der Waals surface area contributed by atoms with Gasteiger partial charge in [0.15, 0.2) is 0 Å². The molecule has 0 fully saturated rings. The van der Waals surface area contributed by atoms with Crippen LogP contribution < -0.4 is 0 Å². The number of ether oxygens (including phenoxy) is 1. The number of benzene rings is 2. The molecule has 8 heteroatoms. The van der Waals surface area contributed by atoms with Gasteiger partial charge in [0.1, 0.15) is 5.02 Å². The van der Waals surface area contributed by atoms with Crippen LogP contribution in [0.1, 0.15) is 21.6 Å². The second kappa shape index (κ2) is 10.0. The Morgan fingerprint density at radius 3 is 2.63 bits per heavy atom. The highest BCUT2D eigenvalue weighted by molar-refractivity contribution is 6.32. The minimum absolute atomic E-state index is 0.00303. The molecule has 30 heavy (non-hydrogen) atoms. The number of rotatable bonds is 9. The van der Waals surface area contributed by atoms with Gasteiger partial charge in [0, 0.05) is 43.7 Å². The third-order valence-electron chi connectivity index (χ3n) is 4.71. The van der Waals surface area contributed by atoms with Crippen molar-refractivity contribution in [2.75, 3.05) is 20.3 Å². The first-order chi connectivity index (χ1) is 14.5. The van der Waals surface area contributed by atoms with Crippen molar-refractivity contribution in [3.8, 4) is 0 Å². The van der Waals surface area contributed by atoms with Crippen LogP contribution in [0.15, 0.2) is 66.9 Å². The molecule has 0 atom stereocenters. The first-order valence-electron chi connectivity index (χ1n) is 9.39. The number of carbonyl (C=O) groups is 1. The van der Waals surface area contributed by atoms with Gasteiger partial charge in [0.25, 0.3) is 11.6 Å². The fourth-order valence-electron chi connectivity index (χ4n) is 3.14. The molecule has 0 saturated carbocycles. The van der Waals surface area contributed by atoms with Crippen molar-refractivity contribution in [2.45, 2.75) is 13.1 Å². The third-order valence-corrected chi connectivity index (χ3v) is 5.03. The first kappa shape index (κ1) is 21.5. The number of nitro groups is 1. The lowest BCUT2D eigenvalue weighted by molar-refractivity contribution is -0.384. The van der Waals surface area contributed by atoms with Gasteiger partial charge in [-0.15, -0.1) is 0 Å². The molecule has 1 amide bonds. The largest absolute Gasteiger partial charge is 0.383 e. The van der Waals surface area contributed by atoms with Crippen LogP contribution in [0.5, 0.6) is 0 Å². The molecule has 3 rings (SSSR count). The number of methoxy groups -OCH3 is 1. The predicted molar refractivity (Wildman–Crippen MR) is 115 cm³/mol. The zero-order valence-electron chi connectivity index (χ0n) is 16.5. The highest BCUT2D eigenvalue weighted by Crippen LogP contribution is 2.26. The van der Waals surface area contributed by atoms with Crippen LogP contribution in [0.4, 0.5) is 5.69 Å². The molecule has 0 radical (unpaired) electrons. The lowest BCUT2D eigenvalue weighted by Crippen LogP contribution is -2.34. The van der Waals surface area contributed by atoms with Gasteiger partial charge < -0.3 is 14.2 Å². The smallest absolute Gasteiger partial charge is 0.288 e. The number of amides is 1. The Morgan fingerprint density at radius 1 is 1.17 bits per heavy atom. The normalized spacial score (nSPS) is 10.7. The molecule has 156 valence electrons. The molecule has 0 aliphatic carbocycles. The van der Waals surface area contributed by atoms with Crippen LogP contribution in [-0.2, 0) is 17.8 Å². The Morgan fingerprint density at radius 2 is 1.93 bits per heavy atom. The Hall–Kier alpha value is -3.16. The molecule has 1 heterocycles. The maximum atomic E-state index is 13.1. The average Bonchev–Trinajstić information content (AvgIpc) is 3.18. The van der Waals surface area contributed by atoms with Gasteiger partial charge in [-0.05, 0) is 29.8 Å². The molecule has 7 nitrogen and oxygen atoms in total. The van der Waals surface area contributed by atoms with Crippen LogP contribution >= 0.6 is 11.6 Å². The van der Waals surface area contributed by atoms with E-state index in [0.29, 0.717) is 26.2 Å². The summed E-state index contributed by atoms with van der Waals surface area (Å²) in [7, 11) is 1.56. The summed E-state index contributed by atoms with van der Waals surface area (Å²) >= 11 is 5.88. The van der Waals surface area contributed by atoms with Gasteiger partial charge in [-0.2, -0.15) is 0 Å². The summed E-state index contributed by atoms with van der Waals surface area (Å²) in [5.74, 6) is -0.320. The maximum Gasteiger partial charge on any atom is 0.288 e. The quantitative estimate of drug-likeness (QED) is 0.375. The van der Waals surface area contributed by atoms with E-state index in [2.05, 4.69) is 4.57 Å².